The molecule has 0 N–H and O–H groups in total. The number of fused-ring (bicyclic) bond motifs is 1. The molecule has 2 unspecified atom stereocenters. The van der Waals surface area contributed by atoms with Crippen LogP contribution in [0.5, 0.6) is 5.75 Å². The molecule has 2 fully saturated rings. The molecule has 28 heavy (non-hydrogen) atoms. The third kappa shape index (κ3) is 4.64. The van der Waals surface area contributed by atoms with Crippen LogP contribution in [-0.2, 0) is 11.4 Å². The number of carbonyl (C=O) groups excluding carboxylic acids is 1. The number of amides is 1. The van der Waals surface area contributed by atoms with Crippen molar-refractivity contribution in [1.82, 2.24) is 9.88 Å². The summed E-state index contributed by atoms with van der Waals surface area (Å²) in [5.41, 5.74) is 1.97. The summed E-state index contributed by atoms with van der Waals surface area (Å²) in [7, 11) is 0. The van der Waals surface area contributed by atoms with Gasteiger partial charge in [-0.15, -0.1) is 11.3 Å². The maximum Gasteiger partial charge on any atom is 0.246 e. The zero-order valence-electron chi connectivity index (χ0n) is 16.5. The van der Waals surface area contributed by atoms with Crippen molar-refractivity contribution >= 4 is 23.3 Å². The zero-order chi connectivity index (χ0) is 19.3. The molecule has 0 spiro atoms. The molecule has 5 heteroatoms. The van der Waals surface area contributed by atoms with Crippen molar-refractivity contribution in [3.63, 3.8) is 0 Å². The summed E-state index contributed by atoms with van der Waals surface area (Å²) >= 11 is 1.63. The third-order valence-electron chi connectivity index (χ3n) is 5.88. The Labute approximate surface area is 171 Å². The monoisotopic (exact) mass is 396 g/mol. The van der Waals surface area contributed by atoms with E-state index in [0.717, 1.165) is 40.9 Å². The lowest BCUT2D eigenvalue weighted by molar-refractivity contribution is -0.132. The summed E-state index contributed by atoms with van der Waals surface area (Å²) in [6.45, 7) is 3.39. The van der Waals surface area contributed by atoms with Crippen LogP contribution in [-0.4, -0.2) is 28.4 Å². The standard InChI is InChI=1S/C23H28N2O2S/c1-17-24-20(16-28-17)15-27-21-11-8-18(9-12-21)10-13-23(26)25-14-4-6-19-5-2-3-7-22(19)25/h8-13,16,19,22H,2-7,14-15H2,1H3/b13-10+. The van der Waals surface area contributed by atoms with Gasteiger partial charge in [-0.1, -0.05) is 25.0 Å². The molecule has 0 bridgehead atoms. The van der Waals surface area contributed by atoms with Crippen molar-refractivity contribution in [2.75, 3.05) is 6.54 Å². The summed E-state index contributed by atoms with van der Waals surface area (Å²) in [6.07, 6.45) is 11.2. The maximum absolute atomic E-state index is 12.8. The van der Waals surface area contributed by atoms with Crippen molar-refractivity contribution in [2.45, 2.75) is 58.1 Å². The fourth-order valence-electron chi connectivity index (χ4n) is 4.47. The van der Waals surface area contributed by atoms with Crippen LogP contribution in [0.2, 0.25) is 0 Å². The summed E-state index contributed by atoms with van der Waals surface area (Å²) < 4.78 is 5.79. The minimum atomic E-state index is 0.163. The molecule has 1 aliphatic carbocycles. The molecule has 1 aliphatic heterocycles. The minimum absolute atomic E-state index is 0.163. The Kier molecular flexibility index (Phi) is 6.10. The predicted octanol–water partition coefficient (Wildman–Crippen LogP) is 5.22. The molecule has 1 amide bonds. The Bertz CT molecular complexity index is 825. The van der Waals surface area contributed by atoms with E-state index in [-0.39, 0.29) is 5.91 Å². The van der Waals surface area contributed by atoms with Crippen LogP contribution in [0.25, 0.3) is 6.08 Å². The van der Waals surface area contributed by atoms with Crippen molar-refractivity contribution in [1.29, 1.82) is 0 Å². The Morgan fingerprint density at radius 1 is 1.21 bits per heavy atom. The zero-order valence-corrected chi connectivity index (χ0v) is 17.3. The highest BCUT2D eigenvalue weighted by molar-refractivity contribution is 7.09. The van der Waals surface area contributed by atoms with Gasteiger partial charge in [0.1, 0.15) is 12.4 Å². The van der Waals surface area contributed by atoms with Crippen LogP contribution in [0.1, 0.15) is 54.8 Å². The molecule has 1 saturated heterocycles. The highest BCUT2D eigenvalue weighted by Crippen LogP contribution is 2.35. The molecule has 0 radical (unpaired) electrons. The fourth-order valence-corrected chi connectivity index (χ4v) is 5.07. The van der Waals surface area contributed by atoms with Crippen LogP contribution in [0.4, 0.5) is 0 Å². The largest absolute Gasteiger partial charge is 0.487 e. The molecule has 1 aromatic heterocycles. The van der Waals surface area contributed by atoms with Gasteiger partial charge in [-0.3, -0.25) is 4.79 Å². The van der Waals surface area contributed by atoms with E-state index in [0.29, 0.717) is 12.6 Å². The smallest absolute Gasteiger partial charge is 0.246 e. The number of aryl methyl sites for hydroxylation is 1. The second kappa shape index (κ2) is 8.91. The van der Waals surface area contributed by atoms with Crippen LogP contribution in [0, 0.1) is 12.8 Å². The van der Waals surface area contributed by atoms with E-state index in [1.54, 1.807) is 17.4 Å². The van der Waals surface area contributed by atoms with Gasteiger partial charge >= 0.3 is 0 Å². The molecular formula is C23H28N2O2S. The summed E-state index contributed by atoms with van der Waals surface area (Å²) in [5, 5.41) is 3.08. The lowest BCUT2D eigenvalue weighted by Gasteiger charge is -2.43. The molecule has 2 atom stereocenters. The Morgan fingerprint density at radius 3 is 2.79 bits per heavy atom. The first-order valence-electron chi connectivity index (χ1n) is 10.3. The van der Waals surface area contributed by atoms with Gasteiger partial charge in [0.15, 0.2) is 0 Å². The number of likely N-dealkylation sites (tertiary alicyclic amines) is 1. The van der Waals surface area contributed by atoms with E-state index in [4.69, 9.17) is 4.74 Å². The van der Waals surface area contributed by atoms with Crippen LogP contribution < -0.4 is 4.74 Å². The van der Waals surface area contributed by atoms with Gasteiger partial charge in [-0.2, -0.15) is 0 Å². The van der Waals surface area contributed by atoms with Gasteiger partial charge in [0.2, 0.25) is 5.91 Å². The van der Waals surface area contributed by atoms with Gasteiger partial charge in [0.05, 0.1) is 10.7 Å². The van der Waals surface area contributed by atoms with E-state index < -0.39 is 0 Å². The molecule has 1 saturated carbocycles. The molecule has 4 nitrogen and oxygen atoms in total. The molecule has 2 aliphatic rings. The molecule has 148 valence electrons. The van der Waals surface area contributed by atoms with Crippen molar-refractivity contribution in [3.05, 3.63) is 52.0 Å². The summed E-state index contributed by atoms with van der Waals surface area (Å²) in [4.78, 5) is 19.3. The number of hydrogen-bond donors (Lipinski definition) is 0. The third-order valence-corrected chi connectivity index (χ3v) is 6.70. The number of aromatic nitrogens is 1. The van der Waals surface area contributed by atoms with Crippen molar-refractivity contribution in [3.8, 4) is 5.75 Å². The van der Waals surface area contributed by atoms with Gasteiger partial charge in [-0.25, -0.2) is 4.98 Å². The lowest BCUT2D eigenvalue weighted by Crippen LogP contribution is -2.49. The molecule has 1 aromatic carbocycles. The van der Waals surface area contributed by atoms with Crippen LogP contribution in [0.3, 0.4) is 0 Å². The van der Waals surface area contributed by atoms with Gasteiger partial charge in [0, 0.05) is 24.0 Å². The number of hydrogen-bond acceptors (Lipinski definition) is 4. The van der Waals surface area contributed by atoms with Gasteiger partial charge < -0.3 is 9.64 Å². The first-order chi connectivity index (χ1) is 13.7. The quantitative estimate of drug-likeness (QED) is 0.650. The molecule has 4 rings (SSSR count). The van der Waals surface area contributed by atoms with Crippen molar-refractivity contribution in [2.24, 2.45) is 5.92 Å². The minimum Gasteiger partial charge on any atom is -0.487 e. The normalized spacial score (nSPS) is 22.2. The SMILES string of the molecule is Cc1nc(COc2ccc(/C=C/C(=O)N3CCCC4CCCCC43)cc2)cs1. The van der Waals surface area contributed by atoms with Gasteiger partial charge in [0.25, 0.3) is 0 Å². The summed E-state index contributed by atoms with van der Waals surface area (Å²) in [6, 6.07) is 8.34. The van der Waals surface area contributed by atoms with E-state index in [1.165, 1.54) is 32.1 Å². The van der Waals surface area contributed by atoms with E-state index >= 15 is 0 Å². The Morgan fingerprint density at radius 2 is 2.00 bits per heavy atom. The average Bonchev–Trinajstić information content (AvgIpc) is 3.16. The fraction of sp³-hybridized carbons (Fsp3) is 0.478. The molecular weight excluding hydrogens is 368 g/mol. The molecule has 2 aromatic rings. The number of nitrogens with zero attached hydrogens (tertiary/aromatic N) is 2. The van der Waals surface area contributed by atoms with Crippen LogP contribution >= 0.6 is 11.3 Å². The number of thiazole rings is 1. The average molecular weight is 397 g/mol. The second-order valence-electron chi connectivity index (χ2n) is 7.83. The van der Waals surface area contributed by atoms with Crippen LogP contribution in [0.15, 0.2) is 35.7 Å². The topological polar surface area (TPSA) is 42.4 Å². The Balaban J connectivity index is 1.33. The van der Waals surface area contributed by atoms with Gasteiger partial charge in [-0.05, 0) is 62.3 Å². The van der Waals surface area contributed by atoms with E-state index in [1.807, 2.05) is 42.6 Å². The number of rotatable bonds is 5. The number of piperidine rings is 1. The predicted molar refractivity (Wildman–Crippen MR) is 113 cm³/mol. The van der Waals surface area contributed by atoms with Crippen molar-refractivity contribution < 1.29 is 9.53 Å². The van der Waals surface area contributed by atoms with E-state index in [2.05, 4.69) is 9.88 Å². The maximum atomic E-state index is 12.8. The van der Waals surface area contributed by atoms with E-state index in [9.17, 15) is 4.79 Å². The Hall–Kier alpha value is -2.14. The first kappa shape index (κ1) is 19.2. The first-order valence-corrected chi connectivity index (χ1v) is 11.2. The number of ether oxygens (including phenoxy) is 1. The summed E-state index contributed by atoms with van der Waals surface area (Å²) in [5.74, 6) is 1.70. The highest BCUT2D eigenvalue weighted by Gasteiger charge is 2.34. The number of benzene rings is 1. The highest BCUT2D eigenvalue weighted by atomic mass is 32.1. The number of carbonyl (C=O) groups is 1. The molecule has 2 heterocycles. The second-order valence-corrected chi connectivity index (χ2v) is 8.90. The lowest BCUT2D eigenvalue weighted by atomic mass is 9.78.